The molecule has 1 aliphatic heterocycles. The number of hydrogen-bond donors (Lipinski definition) is 1. The van der Waals surface area contributed by atoms with Crippen LogP contribution >= 0.6 is 0 Å². The van der Waals surface area contributed by atoms with Crippen molar-refractivity contribution in [3.8, 4) is 0 Å². The van der Waals surface area contributed by atoms with Crippen LogP contribution in [0.1, 0.15) is 12.5 Å². The van der Waals surface area contributed by atoms with Gasteiger partial charge in [-0.1, -0.05) is 37.3 Å². The van der Waals surface area contributed by atoms with E-state index in [9.17, 15) is 13.2 Å². The molecule has 1 aromatic rings. The number of piperazine rings is 1. The molecule has 1 amide bonds. The van der Waals surface area contributed by atoms with Crippen LogP contribution in [0.25, 0.3) is 0 Å². The Labute approximate surface area is 138 Å². The van der Waals surface area contributed by atoms with Crippen molar-refractivity contribution in [2.75, 3.05) is 39.0 Å². The van der Waals surface area contributed by atoms with Gasteiger partial charge in [-0.05, 0) is 18.5 Å². The minimum Gasteiger partial charge on any atom is -0.339 e. The van der Waals surface area contributed by atoms with E-state index in [2.05, 4.69) is 16.5 Å². The summed E-state index contributed by atoms with van der Waals surface area (Å²) in [6, 6.07) is 8.72. The molecule has 0 aromatic heterocycles. The predicted octanol–water partition coefficient (Wildman–Crippen LogP) is 0.311. The Hall–Kier alpha value is -1.44. The molecule has 1 aromatic carbocycles. The summed E-state index contributed by atoms with van der Waals surface area (Å²) < 4.78 is 25.7. The standard InChI is InChI=1S/C16H25N3O3S/c1-3-18-9-11-19(12-10-18)16(20)15(17-23(2,21)22)13-14-7-5-4-6-8-14/h4-8,15,17H,3,9-13H2,1-2H3. The first-order valence-electron chi connectivity index (χ1n) is 7.91. The van der Waals surface area contributed by atoms with Crippen LogP contribution in [0.4, 0.5) is 0 Å². The molecular formula is C16H25N3O3S. The minimum absolute atomic E-state index is 0.143. The van der Waals surface area contributed by atoms with Crippen LogP contribution in [0.15, 0.2) is 30.3 Å². The number of likely N-dealkylation sites (N-methyl/N-ethyl adjacent to an activating group) is 1. The fourth-order valence-corrected chi connectivity index (χ4v) is 3.49. The SMILES string of the molecule is CCN1CCN(C(=O)C(Cc2ccccc2)NS(C)(=O)=O)CC1. The van der Waals surface area contributed by atoms with Crippen molar-refractivity contribution in [2.24, 2.45) is 0 Å². The second-order valence-electron chi connectivity index (χ2n) is 5.89. The summed E-state index contributed by atoms with van der Waals surface area (Å²) in [6.45, 7) is 6.02. The molecule has 0 spiro atoms. The molecule has 1 N–H and O–H groups in total. The molecule has 1 unspecified atom stereocenters. The van der Waals surface area contributed by atoms with Gasteiger partial charge < -0.3 is 9.80 Å². The average Bonchev–Trinajstić information content (AvgIpc) is 2.53. The molecule has 0 bridgehead atoms. The molecule has 23 heavy (non-hydrogen) atoms. The third kappa shape index (κ3) is 5.60. The van der Waals surface area contributed by atoms with Gasteiger partial charge in [0.15, 0.2) is 0 Å². The highest BCUT2D eigenvalue weighted by atomic mass is 32.2. The van der Waals surface area contributed by atoms with Crippen molar-refractivity contribution in [1.82, 2.24) is 14.5 Å². The van der Waals surface area contributed by atoms with Gasteiger partial charge in [0.25, 0.3) is 0 Å². The van der Waals surface area contributed by atoms with E-state index >= 15 is 0 Å². The highest BCUT2D eigenvalue weighted by Crippen LogP contribution is 2.09. The number of benzene rings is 1. The number of carbonyl (C=O) groups is 1. The second kappa shape index (κ2) is 7.90. The minimum atomic E-state index is -3.45. The highest BCUT2D eigenvalue weighted by molar-refractivity contribution is 7.88. The predicted molar refractivity (Wildman–Crippen MR) is 90.6 cm³/mol. The maximum atomic E-state index is 12.8. The fraction of sp³-hybridized carbons (Fsp3) is 0.562. The molecule has 6 nitrogen and oxygen atoms in total. The molecule has 0 aliphatic carbocycles. The van der Waals surface area contributed by atoms with Crippen molar-refractivity contribution in [3.05, 3.63) is 35.9 Å². The summed E-state index contributed by atoms with van der Waals surface area (Å²) in [5.74, 6) is -0.143. The van der Waals surface area contributed by atoms with Crippen LogP contribution < -0.4 is 4.72 Å². The second-order valence-corrected chi connectivity index (χ2v) is 7.67. The number of nitrogens with one attached hydrogen (secondary N) is 1. The maximum absolute atomic E-state index is 12.8. The summed E-state index contributed by atoms with van der Waals surface area (Å²) in [4.78, 5) is 16.8. The van der Waals surface area contributed by atoms with Gasteiger partial charge in [0.1, 0.15) is 6.04 Å². The van der Waals surface area contributed by atoms with E-state index in [1.165, 1.54) is 0 Å². The number of sulfonamides is 1. The molecule has 0 radical (unpaired) electrons. The molecule has 1 saturated heterocycles. The van der Waals surface area contributed by atoms with Gasteiger partial charge in [0.05, 0.1) is 6.26 Å². The highest BCUT2D eigenvalue weighted by Gasteiger charge is 2.29. The van der Waals surface area contributed by atoms with E-state index in [-0.39, 0.29) is 5.91 Å². The summed E-state index contributed by atoms with van der Waals surface area (Å²) >= 11 is 0. The summed E-state index contributed by atoms with van der Waals surface area (Å²) in [5, 5.41) is 0. The topological polar surface area (TPSA) is 69.7 Å². The third-order valence-corrected chi connectivity index (χ3v) is 4.78. The molecule has 0 saturated carbocycles. The van der Waals surface area contributed by atoms with E-state index in [1.807, 2.05) is 30.3 Å². The van der Waals surface area contributed by atoms with Crippen molar-refractivity contribution < 1.29 is 13.2 Å². The monoisotopic (exact) mass is 339 g/mol. The van der Waals surface area contributed by atoms with Crippen molar-refractivity contribution in [1.29, 1.82) is 0 Å². The zero-order valence-corrected chi connectivity index (χ0v) is 14.6. The molecule has 1 heterocycles. The van der Waals surface area contributed by atoms with Gasteiger partial charge in [-0.3, -0.25) is 4.79 Å². The van der Waals surface area contributed by atoms with Crippen molar-refractivity contribution >= 4 is 15.9 Å². The van der Waals surface area contributed by atoms with Crippen LogP contribution in [0.5, 0.6) is 0 Å². The Morgan fingerprint density at radius 2 is 1.78 bits per heavy atom. The van der Waals surface area contributed by atoms with Gasteiger partial charge in [-0.15, -0.1) is 0 Å². The summed E-state index contributed by atoms with van der Waals surface area (Å²) in [7, 11) is -3.45. The van der Waals surface area contributed by atoms with Gasteiger partial charge in [0.2, 0.25) is 15.9 Å². The number of rotatable bonds is 6. The summed E-state index contributed by atoms with van der Waals surface area (Å²) in [6.07, 6.45) is 1.45. The normalized spacial score (nSPS) is 17.9. The quantitative estimate of drug-likeness (QED) is 0.810. The van der Waals surface area contributed by atoms with Gasteiger partial charge >= 0.3 is 0 Å². The van der Waals surface area contributed by atoms with Crippen LogP contribution in [0.3, 0.4) is 0 Å². The van der Waals surface area contributed by atoms with Crippen LogP contribution in [-0.4, -0.2) is 69.1 Å². The van der Waals surface area contributed by atoms with Crippen LogP contribution in [0, 0.1) is 0 Å². The van der Waals surface area contributed by atoms with E-state index in [4.69, 9.17) is 0 Å². The van der Waals surface area contributed by atoms with E-state index < -0.39 is 16.1 Å². The third-order valence-electron chi connectivity index (χ3n) is 4.07. The summed E-state index contributed by atoms with van der Waals surface area (Å²) in [5.41, 5.74) is 0.939. The van der Waals surface area contributed by atoms with E-state index in [0.29, 0.717) is 19.5 Å². The zero-order chi connectivity index (χ0) is 16.9. The largest absolute Gasteiger partial charge is 0.339 e. The Morgan fingerprint density at radius 1 is 1.17 bits per heavy atom. The van der Waals surface area contributed by atoms with E-state index in [0.717, 1.165) is 31.5 Å². The van der Waals surface area contributed by atoms with Crippen molar-refractivity contribution in [3.63, 3.8) is 0 Å². The zero-order valence-electron chi connectivity index (χ0n) is 13.7. The van der Waals surface area contributed by atoms with Crippen molar-refractivity contribution in [2.45, 2.75) is 19.4 Å². The lowest BCUT2D eigenvalue weighted by atomic mass is 10.1. The molecule has 2 rings (SSSR count). The first-order chi connectivity index (χ1) is 10.9. The molecule has 1 aliphatic rings. The molecular weight excluding hydrogens is 314 g/mol. The Kier molecular flexibility index (Phi) is 6.15. The lowest BCUT2D eigenvalue weighted by molar-refractivity contribution is -0.134. The average molecular weight is 339 g/mol. The lowest BCUT2D eigenvalue weighted by Gasteiger charge is -2.36. The number of nitrogens with zero attached hydrogens (tertiary/aromatic N) is 2. The first-order valence-corrected chi connectivity index (χ1v) is 9.80. The smallest absolute Gasteiger partial charge is 0.241 e. The molecule has 1 atom stereocenters. The molecule has 7 heteroatoms. The Bertz CT molecular complexity index is 611. The van der Waals surface area contributed by atoms with Gasteiger partial charge in [-0.25, -0.2) is 13.1 Å². The Balaban J connectivity index is 2.08. The maximum Gasteiger partial charge on any atom is 0.241 e. The lowest BCUT2D eigenvalue weighted by Crippen LogP contribution is -2.55. The first kappa shape index (κ1) is 17.9. The van der Waals surface area contributed by atoms with Crippen LogP contribution in [0.2, 0.25) is 0 Å². The van der Waals surface area contributed by atoms with Crippen LogP contribution in [-0.2, 0) is 21.2 Å². The fourth-order valence-electron chi connectivity index (χ4n) is 2.79. The number of hydrogen-bond acceptors (Lipinski definition) is 4. The molecule has 128 valence electrons. The van der Waals surface area contributed by atoms with Gasteiger partial charge in [0, 0.05) is 26.2 Å². The molecule has 1 fully saturated rings. The van der Waals surface area contributed by atoms with Gasteiger partial charge in [-0.2, -0.15) is 0 Å². The van der Waals surface area contributed by atoms with E-state index in [1.54, 1.807) is 4.90 Å². The number of amides is 1. The number of carbonyl (C=O) groups excluding carboxylic acids is 1. The Morgan fingerprint density at radius 3 is 2.30 bits per heavy atom.